The summed E-state index contributed by atoms with van der Waals surface area (Å²) in [4.78, 5) is 37.9. The highest BCUT2D eigenvalue weighted by Crippen LogP contribution is 2.21. The van der Waals surface area contributed by atoms with Crippen molar-refractivity contribution in [3.63, 3.8) is 0 Å². The van der Waals surface area contributed by atoms with Crippen LogP contribution in [-0.2, 0) is 14.4 Å². The third-order valence-corrected chi connectivity index (χ3v) is 4.91. The van der Waals surface area contributed by atoms with E-state index in [-0.39, 0.29) is 12.5 Å². The Morgan fingerprint density at radius 2 is 1.78 bits per heavy atom. The molecule has 0 radical (unpaired) electrons. The highest BCUT2D eigenvalue weighted by molar-refractivity contribution is 5.90. The SMILES string of the molecule is O=C(CN1CCCCCCC1=O)NC(C(=O)O)c1ccc2ccccc2c1. The molecule has 2 aromatic carbocycles. The predicted octanol–water partition coefficient (Wildman–Crippen LogP) is 2.87. The lowest BCUT2D eigenvalue weighted by atomic mass is 10.0. The van der Waals surface area contributed by atoms with Crippen molar-refractivity contribution < 1.29 is 19.5 Å². The van der Waals surface area contributed by atoms with Crippen molar-refractivity contribution in [1.29, 1.82) is 0 Å². The summed E-state index contributed by atoms with van der Waals surface area (Å²) in [6, 6.07) is 11.8. The zero-order chi connectivity index (χ0) is 19.2. The van der Waals surface area contributed by atoms with Crippen LogP contribution < -0.4 is 5.32 Å². The molecule has 2 amide bonds. The second kappa shape index (κ2) is 8.66. The third-order valence-electron chi connectivity index (χ3n) is 4.91. The number of nitrogens with zero attached hydrogens (tertiary/aromatic N) is 1. The fourth-order valence-corrected chi connectivity index (χ4v) is 3.44. The average molecular weight is 368 g/mol. The van der Waals surface area contributed by atoms with Gasteiger partial charge in [-0.3, -0.25) is 9.59 Å². The van der Waals surface area contributed by atoms with Crippen molar-refractivity contribution in [2.45, 2.75) is 38.1 Å². The van der Waals surface area contributed by atoms with E-state index in [0.29, 0.717) is 18.5 Å². The van der Waals surface area contributed by atoms with Gasteiger partial charge in [-0.15, -0.1) is 0 Å². The Balaban J connectivity index is 1.72. The topological polar surface area (TPSA) is 86.7 Å². The zero-order valence-corrected chi connectivity index (χ0v) is 15.2. The van der Waals surface area contributed by atoms with Crippen LogP contribution in [0.15, 0.2) is 42.5 Å². The molecule has 142 valence electrons. The fraction of sp³-hybridized carbons (Fsp3) is 0.381. The van der Waals surface area contributed by atoms with Crippen molar-refractivity contribution in [2.24, 2.45) is 0 Å². The molecule has 2 aromatic rings. The molecule has 6 nitrogen and oxygen atoms in total. The summed E-state index contributed by atoms with van der Waals surface area (Å²) in [6.07, 6.45) is 4.23. The van der Waals surface area contributed by atoms with Gasteiger partial charge in [0.05, 0.1) is 6.54 Å². The molecule has 6 heteroatoms. The van der Waals surface area contributed by atoms with Crippen LogP contribution in [0.1, 0.15) is 43.7 Å². The van der Waals surface area contributed by atoms with E-state index in [1.807, 2.05) is 30.3 Å². The van der Waals surface area contributed by atoms with Crippen molar-refractivity contribution in [3.05, 3.63) is 48.0 Å². The van der Waals surface area contributed by atoms with Gasteiger partial charge in [-0.1, -0.05) is 49.2 Å². The molecular formula is C21H24N2O4. The van der Waals surface area contributed by atoms with Crippen LogP contribution >= 0.6 is 0 Å². The van der Waals surface area contributed by atoms with E-state index in [2.05, 4.69) is 5.32 Å². The molecule has 1 aliphatic heterocycles. The summed E-state index contributed by atoms with van der Waals surface area (Å²) >= 11 is 0. The Kier molecular flexibility index (Phi) is 6.06. The molecule has 0 aliphatic carbocycles. The first-order valence-electron chi connectivity index (χ1n) is 9.33. The zero-order valence-electron chi connectivity index (χ0n) is 15.2. The summed E-state index contributed by atoms with van der Waals surface area (Å²) in [7, 11) is 0. The Morgan fingerprint density at radius 3 is 2.56 bits per heavy atom. The number of benzene rings is 2. The normalized spacial score (nSPS) is 16.4. The molecule has 27 heavy (non-hydrogen) atoms. The molecule has 1 fully saturated rings. The second-order valence-corrected chi connectivity index (χ2v) is 6.92. The summed E-state index contributed by atoms with van der Waals surface area (Å²) in [5.41, 5.74) is 0.508. The minimum absolute atomic E-state index is 0.0394. The van der Waals surface area contributed by atoms with Crippen LogP contribution in [-0.4, -0.2) is 40.9 Å². The van der Waals surface area contributed by atoms with Crippen LogP contribution in [0.4, 0.5) is 0 Å². The maximum Gasteiger partial charge on any atom is 0.330 e. The lowest BCUT2D eigenvalue weighted by Crippen LogP contribution is -2.44. The van der Waals surface area contributed by atoms with Gasteiger partial charge in [0.25, 0.3) is 0 Å². The quantitative estimate of drug-likeness (QED) is 0.850. The van der Waals surface area contributed by atoms with Gasteiger partial charge < -0.3 is 15.3 Å². The molecule has 1 aliphatic rings. The number of amides is 2. The molecule has 1 heterocycles. The summed E-state index contributed by atoms with van der Waals surface area (Å²) in [5, 5.41) is 14.1. The maximum absolute atomic E-state index is 12.4. The van der Waals surface area contributed by atoms with Gasteiger partial charge in [0.15, 0.2) is 6.04 Å². The monoisotopic (exact) mass is 368 g/mol. The molecular weight excluding hydrogens is 344 g/mol. The lowest BCUT2D eigenvalue weighted by Gasteiger charge is -2.25. The lowest BCUT2D eigenvalue weighted by molar-refractivity contribution is -0.143. The van der Waals surface area contributed by atoms with Crippen LogP contribution in [0, 0.1) is 0 Å². The minimum atomic E-state index is -1.15. The highest BCUT2D eigenvalue weighted by Gasteiger charge is 2.25. The first-order chi connectivity index (χ1) is 13.0. The molecule has 0 aromatic heterocycles. The van der Waals surface area contributed by atoms with Crippen LogP contribution in [0.5, 0.6) is 0 Å². The Labute approximate surface area is 158 Å². The number of aliphatic carboxylic acids is 1. The first-order valence-corrected chi connectivity index (χ1v) is 9.33. The van der Waals surface area contributed by atoms with Crippen LogP contribution in [0.2, 0.25) is 0 Å². The van der Waals surface area contributed by atoms with E-state index in [4.69, 9.17) is 0 Å². The Morgan fingerprint density at radius 1 is 1.04 bits per heavy atom. The van der Waals surface area contributed by atoms with Gasteiger partial charge in [-0.25, -0.2) is 4.79 Å². The Bertz CT molecular complexity index is 849. The summed E-state index contributed by atoms with van der Waals surface area (Å²) in [6.45, 7) is 0.441. The van der Waals surface area contributed by atoms with Crippen molar-refractivity contribution in [1.82, 2.24) is 10.2 Å². The number of carboxylic acid groups (broad SMARTS) is 1. The minimum Gasteiger partial charge on any atom is -0.479 e. The predicted molar refractivity (Wildman–Crippen MR) is 102 cm³/mol. The van der Waals surface area contributed by atoms with Crippen LogP contribution in [0.3, 0.4) is 0 Å². The Hall–Kier alpha value is -2.89. The molecule has 0 spiro atoms. The van der Waals surface area contributed by atoms with E-state index in [9.17, 15) is 19.5 Å². The van der Waals surface area contributed by atoms with Crippen molar-refractivity contribution >= 4 is 28.6 Å². The van der Waals surface area contributed by atoms with Crippen LogP contribution in [0.25, 0.3) is 10.8 Å². The number of carbonyl (C=O) groups excluding carboxylic acids is 2. The van der Waals surface area contributed by atoms with Gasteiger partial charge in [-0.2, -0.15) is 0 Å². The number of hydrogen-bond donors (Lipinski definition) is 2. The number of carbonyl (C=O) groups is 3. The largest absolute Gasteiger partial charge is 0.479 e. The number of likely N-dealkylation sites (tertiary alicyclic amines) is 1. The number of nitrogens with one attached hydrogen (secondary N) is 1. The first kappa shape index (κ1) is 18.9. The standard InChI is InChI=1S/C21H24N2O4/c24-18(14-23-12-6-2-1-3-9-19(23)25)22-20(21(26)27)17-11-10-15-7-4-5-8-16(15)13-17/h4-5,7-8,10-11,13,20H,1-3,6,9,12,14H2,(H,22,24)(H,26,27). The molecule has 2 N–H and O–H groups in total. The smallest absolute Gasteiger partial charge is 0.330 e. The molecule has 0 saturated carbocycles. The summed E-state index contributed by atoms with van der Waals surface area (Å²) in [5.74, 6) is -1.62. The highest BCUT2D eigenvalue weighted by atomic mass is 16.4. The number of fused-ring (bicyclic) bond motifs is 1. The van der Waals surface area contributed by atoms with Crippen molar-refractivity contribution in [3.8, 4) is 0 Å². The molecule has 1 atom stereocenters. The molecule has 0 bridgehead atoms. The van der Waals surface area contributed by atoms with Gasteiger partial charge in [0, 0.05) is 13.0 Å². The van der Waals surface area contributed by atoms with E-state index in [1.54, 1.807) is 12.1 Å². The van der Waals surface area contributed by atoms with E-state index in [0.717, 1.165) is 36.5 Å². The van der Waals surface area contributed by atoms with E-state index < -0.39 is 17.9 Å². The second-order valence-electron chi connectivity index (χ2n) is 6.92. The van der Waals surface area contributed by atoms with E-state index in [1.165, 1.54) is 4.90 Å². The van der Waals surface area contributed by atoms with Gasteiger partial charge in [0.1, 0.15) is 0 Å². The van der Waals surface area contributed by atoms with Gasteiger partial charge in [0.2, 0.25) is 11.8 Å². The number of carboxylic acids is 1. The van der Waals surface area contributed by atoms with Crippen molar-refractivity contribution in [2.75, 3.05) is 13.1 Å². The molecule has 1 saturated heterocycles. The number of rotatable bonds is 5. The summed E-state index contributed by atoms with van der Waals surface area (Å²) < 4.78 is 0. The average Bonchev–Trinajstić information content (AvgIpc) is 2.65. The maximum atomic E-state index is 12.4. The fourth-order valence-electron chi connectivity index (χ4n) is 3.44. The molecule has 3 rings (SSSR count). The van der Waals surface area contributed by atoms with E-state index >= 15 is 0 Å². The number of hydrogen-bond acceptors (Lipinski definition) is 3. The van der Waals surface area contributed by atoms with Gasteiger partial charge >= 0.3 is 5.97 Å². The van der Waals surface area contributed by atoms with Gasteiger partial charge in [-0.05, 0) is 35.2 Å². The molecule has 1 unspecified atom stereocenters. The third kappa shape index (κ3) is 4.84.